The lowest BCUT2D eigenvalue weighted by Gasteiger charge is -2.22. The number of ether oxygens (including phenoxy) is 1. The summed E-state index contributed by atoms with van der Waals surface area (Å²) >= 11 is 0. The van der Waals surface area contributed by atoms with Gasteiger partial charge < -0.3 is 19.6 Å². The first-order valence-electron chi connectivity index (χ1n) is 9.85. The average Bonchev–Trinajstić information content (AvgIpc) is 3.08. The number of carboxylic acids is 1. The number of rotatable bonds is 9. The molecule has 29 heavy (non-hydrogen) atoms. The Morgan fingerprint density at radius 3 is 2.66 bits per heavy atom. The van der Waals surface area contributed by atoms with Crippen LogP contribution in [0.15, 0.2) is 52.9 Å². The van der Waals surface area contributed by atoms with Crippen molar-refractivity contribution in [2.24, 2.45) is 5.92 Å². The van der Waals surface area contributed by atoms with Gasteiger partial charge in [0.2, 0.25) is 5.89 Å². The van der Waals surface area contributed by atoms with Gasteiger partial charge in [-0.15, -0.1) is 0 Å². The second-order valence-electron chi connectivity index (χ2n) is 8.15. The lowest BCUT2D eigenvalue weighted by molar-refractivity contribution is -0.152. The molecule has 2 N–H and O–H groups in total. The fraction of sp³-hybridized carbons (Fsp3) is 0.391. The molecule has 0 radical (unpaired) electrons. The fourth-order valence-electron chi connectivity index (χ4n) is 3.08. The van der Waals surface area contributed by atoms with Gasteiger partial charge in [-0.3, -0.25) is 0 Å². The zero-order chi connectivity index (χ0) is 21.0. The third-order valence-corrected chi connectivity index (χ3v) is 4.65. The van der Waals surface area contributed by atoms with E-state index < -0.39 is 11.6 Å². The molecule has 6 nitrogen and oxygen atoms in total. The third kappa shape index (κ3) is 5.35. The van der Waals surface area contributed by atoms with E-state index in [0.717, 1.165) is 23.1 Å². The second kappa shape index (κ2) is 8.66. The van der Waals surface area contributed by atoms with E-state index in [4.69, 9.17) is 9.15 Å². The number of hydrogen-bond acceptors (Lipinski definition) is 5. The number of nitrogens with zero attached hydrogens (tertiary/aromatic N) is 1. The molecule has 154 valence electrons. The van der Waals surface area contributed by atoms with Crippen LogP contribution in [0.25, 0.3) is 11.1 Å². The smallest absolute Gasteiger partial charge is 0.347 e. The number of aromatic nitrogens is 1. The Labute approximate surface area is 170 Å². The minimum atomic E-state index is -1.29. The van der Waals surface area contributed by atoms with Crippen molar-refractivity contribution in [2.45, 2.75) is 52.3 Å². The van der Waals surface area contributed by atoms with Crippen molar-refractivity contribution in [1.82, 2.24) is 10.3 Å². The highest BCUT2D eigenvalue weighted by molar-refractivity contribution is 5.76. The van der Waals surface area contributed by atoms with Crippen LogP contribution in [-0.4, -0.2) is 21.7 Å². The normalized spacial score (nSPS) is 13.0. The molecule has 0 amide bonds. The molecule has 0 aliphatic carbocycles. The fourth-order valence-corrected chi connectivity index (χ4v) is 3.08. The number of para-hydroxylation sites is 2. The van der Waals surface area contributed by atoms with Crippen molar-refractivity contribution in [3.05, 3.63) is 60.0 Å². The number of carbonyl (C=O) groups is 1. The van der Waals surface area contributed by atoms with Crippen LogP contribution in [0, 0.1) is 5.92 Å². The molecule has 2 aromatic carbocycles. The van der Waals surface area contributed by atoms with Crippen molar-refractivity contribution in [3.8, 4) is 5.75 Å². The molecular formula is C23H28N2O4. The van der Waals surface area contributed by atoms with Gasteiger partial charge >= 0.3 is 5.97 Å². The molecule has 0 spiro atoms. The summed E-state index contributed by atoms with van der Waals surface area (Å²) in [7, 11) is 0. The van der Waals surface area contributed by atoms with E-state index in [1.807, 2.05) is 42.5 Å². The zero-order valence-corrected chi connectivity index (χ0v) is 17.3. The summed E-state index contributed by atoms with van der Waals surface area (Å²) in [5, 5.41) is 12.8. The highest BCUT2D eigenvalue weighted by atomic mass is 16.5. The van der Waals surface area contributed by atoms with Gasteiger partial charge in [-0.05, 0) is 56.0 Å². The Morgan fingerprint density at radius 1 is 1.21 bits per heavy atom. The van der Waals surface area contributed by atoms with E-state index in [0.29, 0.717) is 24.1 Å². The number of hydrogen-bond donors (Lipinski definition) is 2. The van der Waals surface area contributed by atoms with Gasteiger partial charge in [0.15, 0.2) is 11.2 Å². The van der Waals surface area contributed by atoms with Gasteiger partial charge in [0.25, 0.3) is 0 Å². The molecule has 1 heterocycles. The largest absolute Gasteiger partial charge is 0.478 e. The summed E-state index contributed by atoms with van der Waals surface area (Å²) in [6.07, 6.45) is 0.884. The highest BCUT2D eigenvalue weighted by Crippen LogP contribution is 2.26. The molecule has 3 rings (SSSR count). The maximum Gasteiger partial charge on any atom is 0.347 e. The lowest BCUT2D eigenvalue weighted by atomic mass is 10.0. The van der Waals surface area contributed by atoms with E-state index in [1.165, 1.54) is 13.8 Å². The first-order chi connectivity index (χ1) is 13.7. The van der Waals surface area contributed by atoms with E-state index in [2.05, 4.69) is 24.1 Å². The SMILES string of the molecule is CC(C)CC(NCc1cccc(OC(C)(C)C(=O)O)c1)c1nc2ccccc2o1. The lowest BCUT2D eigenvalue weighted by Crippen LogP contribution is -2.37. The molecule has 3 aromatic rings. The third-order valence-electron chi connectivity index (χ3n) is 4.65. The highest BCUT2D eigenvalue weighted by Gasteiger charge is 2.29. The Balaban J connectivity index is 1.74. The molecule has 6 heteroatoms. The molecule has 1 atom stereocenters. The molecular weight excluding hydrogens is 368 g/mol. The Hall–Kier alpha value is -2.86. The Kier molecular flexibility index (Phi) is 6.23. The van der Waals surface area contributed by atoms with Crippen LogP contribution in [0.1, 0.15) is 51.6 Å². The van der Waals surface area contributed by atoms with Crippen LogP contribution in [0.3, 0.4) is 0 Å². The molecule has 0 aliphatic rings. The summed E-state index contributed by atoms with van der Waals surface area (Å²) in [6.45, 7) is 7.98. The van der Waals surface area contributed by atoms with Crippen molar-refractivity contribution < 1.29 is 19.1 Å². The van der Waals surface area contributed by atoms with Crippen LogP contribution < -0.4 is 10.1 Å². The summed E-state index contributed by atoms with van der Waals surface area (Å²) in [4.78, 5) is 15.9. The minimum Gasteiger partial charge on any atom is -0.478 e. The van der Waals surface area contributed by atoms with Gasteiger partial charge in [-0.1, -0.05) is 38.1 Å². The number of oxazole rings is 1. The first-order valence-corrected chi connectivity index (χ1v) is 9.85. The van der Waals surface area contributed by atoms with Crippen molar-refractivity contribution in [2.75, 3.05) is 0 Å². The molecule has 1 unspecified atom stereocenters. The number of aliphatic carboxylic acids is 1. The number of benzene rings is 2. The monoisotopic (exact) mass is 396 g/mol. The van der Waals surface area contributed by atoms with Crippen LogP contribution in [-0.2, 0) is 11.3 Å². The maximum absolute atomic E-state index is 11.3. The van der Waals surface area contributed by atoms with E-state index in [9.17, 15) is 9.90 Å². The molecule has 0 fully saturated rings. The summed E-state index contributed by atoms with van der Waals surface area (Å²) in [5.41, 5.74) is 1.34. The van der Waals surface area contributed by atoms with Gasteiger partial charge in [0, 0.05) is 6.54 Å². The van der Waals surface area contributed by atoms with Crippen LogP contribution in [0.5, 0.6) is 5.75 Å². The van der Waals surface area contributed by atoms with Gasteiger partial charge in [-0.2, -0.15) is 0 Å². The molecule has 0 bridgehead atoms. The Morgan fingerprint density at radius 2 is 1.97 bits per heavy atom. The van der Waals surface area contributed by atoms with Crippen LogP contribution in [0.4, 0.5) is 0 Å². The predicted octanol–water partition coefficient (Wildman–Crippen LogP) is 4.95. The predicted molar refractivity (Wildman–Crippen MR) is 112 cm³/mol. The quantitative estimate of drug-likeness (QED) is 0.532. The van der Waals surface area contributed by atoms with E-state index in [1.54, 1.807) is 6.07 Å². The summed E-state index contributed by atoms with van der Waals surface area (Å²) < 4.78 is 11.6. The number of fused-ring (bicyclic) bond motifs is 1. The van der Waals surface area contributed by atoms with Gasteiger partial charge in [0.05, 0.1) is 6.04 Å². The number of carboxylic acid groups (broad SMARTS) is 1. The molecule has 0 aliphatic heterocycles. The Bertz CT molecular complexity index is 945. The summed E-state index contributed by atoms with van der Waals surface area (Å²) in [5.74, 6) is 0.667. The topological polar surface area (TPSA) is 84.6 Å². The second-order valence-corrected chi connectivity index (χ2v) is 8.15. The van der Waals surface area contributed by atoms with E-state index >= 15 is 0 Å². The zero-order valence-electron chi connectivity index (χ0n) is 17.3. The van der Waals surface area contributed by atoms with Gasteiger partial charge in [0.1, 0.15) is 11.3 Å². The average molecular weight is 396 g/mol. The van der Waals surface area contributed by atoms with Gasteiger partial charge in [-0.25, -0.2) is 9.78 Å². The van der Waals surface area contributed by atoms with Crippen molar-refractivity contribution in [1.29, 1.82) is 0 Å². The maximum atomic E-state index is 11.3. The molecule has 0 saturated heterocycles. The minimum absolute atomic E-state index is 0.0255. The molecule has 0 saturated carbocycles. The van der Waals surface area contributed by atoms with Crippen LogP contribution >= 0.6 is 0 Å². The summed E-state index contributed by atoms with van der Waals surface area (Å²) in [6, 6.07) is 15.2. The number of nitrogens with one attached hydrogen (secondary N) is 1. The van der Waals surface area contributed by atoms with Crippen molar-refractivity contribution in [3.63, 3.8) is 0 Å². The first kappa shape index (κ1) is 20.9. The van der Waals surface area contributed by atoms with E-state index in [-0.39, 0.29) is 6.04 Å². The van der Waals surface area contributed by atoms with Crippen molar-refractivity contribution >= 4 is 17.1 Å². The standard InChI is InChI=1S/C23H28N2O4/c1-15(2)12-19(21-25-18-10-5-6-11-20(18)28-21)24-14-16-8-7-9-17(13-16)29-23(3,4)22(26)27/h5-11,13,15,19,24H,12,14H2,1-4H3,(H,26,27). The van der Waals surface area contributed by atoms with Crippen LogP contribution in [0.2, 0.25) is 0 Å². The molecule has 1 aromatic heterocycles.